The number of anilines is 1. The smallest absolute Gasteiger partial charge is 0.230 e. The van der Waals surface area contributed by atoms with E-state index < -0.39 is 0 Å². The van der Waals surface area contributed by atoms with E-state index in [2.05, 4.69) is 49.9 Å². The molecule has 2 N–H and O–H groups in total. The molecule has 2 aromatic carbocycles. The number of benzene rings is 2. The maximum atomic E-state index is 12.6. The molecule has 1 aliphatic rings. The van der Waals surface area contributed by atoms with Gasteiger partial charge < -0.3 is 10.6 Å². The molecule has 0 spiro atoms. The highest BCUT2D eigenvalue weighted by Crippen LogP contribution is 2.38. The van der Waals surface area contributed by atoms with E-state index in [1.807, 2.05) is 6.07 Å². The average molecular weight is 599 g/mol. The molecule has 0 aliphatic heterocycles. The third-order valence-electron chi connectivity index (χ3n) is 6.77. The Morgan fingerprint density at radius 1 is 1.00 bits per heavy atom. The van der Waals surface area contributed by atoms with Crippen molar-refractivity contribution < 1.29 is 9.59 Å². The molecule has 10 nitrogen and oxygen atoms in total. The van der Waals surface area contributed by atoms with Crippen molar-refractivity contribution in [3.63, 3.8) is 0 Å². The molecular formula is C30H30N8O2S2. The molecule has 1 aliphatic carbocycles. The minimum absolute atomic E-state index is 0.125. The number of rotatable bonds is 9. The Morgan fingerprint density at radius 3 is 2.33 bits per heavy atom. The zero-order chi connectivity index (χ0) is 29.7. The van der Waals surface area contributed by atoms with E-state index >= 15 is 0 Å². The number of aromatic nitrogens is 2. The number of amides is 2. The van der Waals surface area contributed by atoms with Crippen LogP contribution in [0.1, 0.15) is 65.3 Å². The van der Waals surface area contributed by atoms with Crippen LogP contribution >= 0.6 is 23.1 Å². The Balaban J connectivity index is 1.30. The third-order valence-corrected chi connectivity index (χ3v) is 8.87. The van der Waals surface area contributed by atoms with Gasteiger partial charge in [-0.2, -0.15) is 15.6 Å². The summed E-state index contributed by atoms with van der Waals surface area (Å²) in [4.78, 5) is 25.2. The molecule has 42 heavy (non-hydrogen) atoms. The Hall–Kier alpha value is -4.39. The number of nitrogens with zero attached hydrogens (tertiary/aromatic N) is 6. The Morgan fingerprint density at radius 2 is 1.67 bits per heavy atom. The number of hydrogen-bond acceptors (Lipinski definition) is 10. The lowest BCUT2D eigenvalue weighted by Gasteiger charge is -2.18. The molecule has 0 bridgehead atoms. The van der Waals surface area contributed by atoms with Crippen LogP contribution in [0.4, 0.5) is 5.13 Å². The molecule has 2 unspecified atom stereocenters. The highest BCUT2D eigenvalue weighted by atomic mass is 32.2. The van der Waals surface area contributed by atoms with Crippen LogP contribution in [0.25, 0.3) is 0 Å². The lowest BCUT2D eigenvalue weighted by Crippen LogP contribution is -2.30. The standard InChI is InChI=1S/C30H30N8O2S2/c1-33-37-29(34-26(39)15-20-7-4-9-22(12-20)17-31)41-19-24-6-2-3-11-25(14-24)28-36-38-30(42-28)35-27(40)16-21-8-5-10-23(13-21)18-32/h4-5,7-10,12-13,24-25H,1-3,6,11,14-16,19H2,(H,34,37,39)(H,35,38,40). The predicted molar refractivity (Wildman–Crippen MR) is 165 cm³/mol. The summed E-state index contributed by atoms with van der Waals surface area (Å²) < 4.78 is 0. The zero-order valence-electron chi connectivity index (χ0n) is 23.0. The number of nitriles is 2. The van der Waals surface area contributed by atoms with Gasteiger partial charge in [0.05, 0.1) is 36.1 Å². The summed E-state index contributed by atoms with van der Waals surface area (Å²) >= 11 is 2.85. The second kappa shape index (κ2) is 15.6. The molecule has 3 aromatic rings. The fourth-order valence-electron chi connectivity index (χ4n) is 4.84. The van der Waals surface area contributed by atoms with Crippen molar-refractivity contribution in [2.45, 2.75) is 50.9 Å². The van der Waals surface area contributed by atoms with Gasteiger partial charge in [-0.1, -0.05) is 60.2 Å². The lowest BCUT2D eigenvalue weighted by atomic mass is 9.95. The van der Waals surface area contributed by atoms with Gasteiger partial charge in [0.25, 0.3) is 0 Å². The number of thioether (sulfide) groups is 1. The van der Waals surface area contributed by atoms with Crippen LogP contribution in [-0.4, -0.2) is 39.6 Å². The van der Waals surface area contributed by atoms with Crippen molar-refractivity contribution in [3.8, 4) is 12.1 Å². The van der Waals surface area contributed by atoms with Gasteiger partial charge in [0.15, 0.2) is 5.17 Å². The molecule has 4 rings (SSSR count). The minimum atomic E-state index is -0.236. The van der Waals surface area contributed by atoms with Crippen LogP contribution in [-0.2, 0) is 22.4 Å². The molecule has 1 fully saturated rings. The second-order valence-electron chi connectivity index (χ2n) is 9.96. The highest BCUT2D eigenvalue weighted by Gasteiger charge is 2.25. The zero-order valence-corrected chi connectivity index (χ0v) is 24.6. The van der Waals surface area contributed by atoms with E-state index in [0.717, 1.165) is 54.0 Å². The molecule has 0 saturated heterocycles. The SMILES string of the molecule is C=N/N=C(/NC(=O)Cc1cccc(C#N)c1)SCC1CCCCC(c2nnc(NC(=O)Cc3cccc(C#N)c3)s2)C1. The Kier molecular flexibility index (Phi) is 11.3. The quantitative estimate of drug-likeness (QED) is 0.149. The van der Waals surface area contributed by atoms with E-state index in [1.54, 1.807) is 42.5 Å². The number of amidine groups is 1. The molecule has 214 valence electrons. The number of nitrogens with one attached hydrogen (secondary N) is 2. The number of carbonyl (C=O) groups excluding carboxylic acids is 2. The van der Waals surface area contributed by atoms with E-state index in [1.165, 1.54) is 23.1 Å². The van der Waals surface area contributed by atoms with Crippen LogP contribution < -0.4 is 10.6 Å². The number of carbonyl (C=O) groups is 2. The van der Waals surface area contributed by atoms with Gasteiger partial charge in [-0.05, 0) is 60.6 Å². The second-order valence-corrected chi connectivity index (χ2v) is 12.0. The van der Waals surface area contributed by atoms with Crippen molar-refractivity contribution in [2.75, 3.05) is 11.1 Å². The predicted octanol–water partition coefficient (Wildman–Crippen LogP) is 5.19. The first kappa shape index (κ1) is 30.6. The topological polar surface area (TPSA) is 156 Å². The van der Waals surface area contributed by atoms with Crippen LogP contribution in [0.5, 0.6) is 0 Å². The Labute approximate surface area is 253 Å². The summed E-state index contributed by atoms with van der Waals surface area (Å²) in [6.45, 7) is 3.43. The summed E-state index contributed by atoms with van der Waals surface area (Å²) in [5.74, 6) is 0.911. The van der Waals surface area contributed by atoms with E-state index in [0.29, 0.717) is 27.3 Å². The average Bonchev–Trinajstić information content (AvgIpc) is 3.31. The van der Waals surface area contributed by atoms with Gasteiger partial charge in [0.1, 0.15) is 5.01 Å². The van der Waals surface area contributed by atoms with Crippen LogP contribution in [0.3, 0.4) is 0 Å². The lowest BCUT2D eigenvalue weighted by molar-refractivity contribution is -0.119. The molecule has 2 amide bonds. The monoisotopic (exact) mass is 598 g/mol. The van der Waals surface area contributed by atoms with Gasteiger partial charge in [-0.25, -0.2) is 0 Å². The summed E-state index contributed by atoms with van der Waals surface area (Å²) in [6, 6.07) is 18.1. The maximum Gasteiger partial charge on any atom is 0.230 e. The van der Waals surface area contributed by atoms with E-state index in [9.17, 15) is 9.59 Å². The van der Waals surface area contributed by atoms with Gasteiger partial charge in [-0.3, -0.25) is 9.59 Å². The molecule has 2 atom stereocenters. The molecule has 0 radical (unpaired) electrons. The van der Waals surface area contributed by atoms with Crippen molar-refractivity contribution in [1.82, 2.24) is 15.5 Å². The van der Waals surface area contributed by atoms with E-state index in [-0.39, 0.29) is 30.6 Å². The molecule has 1 heterocycles. The van der Waals surface area contributed by atoms with Crippen LogP contribution in [0, 0.1) is 28.6 Å². The third kappa shape index (κ3) is 9.33. The van der Waals surface area contributed by atoms with Gasteiger partial charge >= 0.3 is 0 Å². The first-order valence-corrected chi connectivity index (χ1v) is 15.3. The summed E-state index contributed by atoms with van der Waals surface area (Å²) in [5, 5.41) is 41.9. The Bertz CT molecular complexity index is 1540. The fraction of sp³-hybridized carbons (Fsp3) is 0.333. The first-order valence-electron chi connectivity index (χ1n) is 13.5. The molecule has 1 saturated carbocycles. The largest absolute Gasteiger partial charge is 0.303 e. The fourth-order valence-corrected chi connectivity index (χ4v) is 6.74. The van der Waals surface area contributed by atoms with Crippen LogP contribution in [0.15, 0.2) is 58.7 Å². The minimum Gasteiger partial charge on any atom is -0.303 e. The van der Waals surface area contributed by atoms with Crippen LogP contribution in [0.2, 0.25) is 0 Å². The summed E-state index contributed by atoms with van der Waals surface area (Å²) in [7, 11) is 0. The molecule has 12 heteroatoms. The van der Waals surface area contributed by atoms with Gasteiger partial charge in [0.2, 0.25) is 16.9 Å². The van der Waals surface area contributed by atoms with Crippen molar-refractivity contribution >= 4 is 51.9 Å². The van der Waals surface area contributed by atoms with Crippen molar-refractivity contribution in [2.24, 2.45) is 16.1 Å². The van der Waals surface area contributed by atoms with Crippen molar-refractivity contribution in [1.29, 1.82) is 10.5 Å². The molecular weight excluding hydrogens is 569 g/mol. The van der Waals surface area contributed by atoms with E-state index in [4.69, 9.17) is 10.5 Å². The first-order chi connectivity index (χ1) is 20.4. The number of hydrogen-bond donors (Lipinski definition) is 2. The highest BCUT2D eigenvalue weighted by molar-refractivity contribution is 8.13. The van der Waals surface area contributed by atoms with Gasteiger partial charge in [0, 0.05) is 18.4 Å². The molecule has 1 aromatic heterocycles. The van der Waals surface area contributed by atoms with Gasteiger partial charge in [-0.15, -0.1) is 15.3 Å². The summed E-state index contributed by atoms with van der Waals surface area (Å²) in [5.41, 5.74) is 2.53. The van der Waals surface area contributed by atoms with Crippen molar-refractivity contribution in [3.05, 3.63) is 75.8 Å². The maximum absolute atomic E-state index is 12.6. The summed E-state index contributed by atoms with van der Waals surface area (Å²) in [6.07, 6.45) is 5.42. The normalized spacial score (nSPS) is 16.9.